The lowest BCUT2D eigenvalue weighted by atomic mass is 10.2. The summed E-state index contributed by atoms with van der Waals surface area (Å²) in [4.78, 5) is 11.5. The Kier molecular flexibility index (Phi) is 2.63. The molecule has 1 aromatic heterocycles. The fourth-order valence-corrected chi connectivity index (χ4v) is 1.41. The summed E-state index contributed by atoms with van der Waals surface area (Å²) < 4.78 is 10.1. The lowest BCUT2D eigenvalue weighted by molar-refractivity contribution is 0.366. The monoisotopic (exact) mass is 232 g/mol. The van der Waals surface area contributed by atoms with Gasteiger partial charge in [0.2, 0.25) is 5.43 Å². The van der Waals surface area contributed by atoms with Gasteiger partial charge < -0.3 is 19.4 Å². The number of fused-ring (bicyclic) bond motifs is 1. The normalized spacial score (nSPS) is 10.1. The molecule has 1 aromatic carbocycles. The summed E-state index contributed by atoms with van der Waals surface area (Å²) in [6.45, 7) is 0.0350. The van der Waals surface area contributed by atoms with Gasteiger partial charge in [0, 0.05) is 12.1 Å². The minimum atomic E-state index is -0.702. The number of ether oxygens (including phenoxy) is 1. The van der Waals surface area contributed by atoms with E-state index < -0.39 is 11.2 Å². The fraction of sp³-hybridized carbons (Fsp3) is 0.0833. The van der Waals surface area contributed by atoms with E-state index in [0.29, 0.717) is 0 Å². The molecule has 0 saturated heterocycles. The number of benzene rings is 1. The van der Waals surface area contributed by atoms with Crippen molar-refractivity contribution in [2.24, 2.45) is 0 Å². The van der Waals surface area contributed by atoms with Crippen molar-refractivity contribution < 1.29 is 19.4 Å². The van der Waals surface area contributed by atoms with Crippen LogP contribution in [0.3, 0.4) is 0 Å². The Morgan fingerprint density at radius 3 is 2.82 bits per heavy atom. The van der Waals surface area contributed by atoms with Crippen molar-refractivity contribution in [1.29, 1.82) is 0 Å². The van der Waals surface area contributed by atoms with Gasteiger partial charge in [-0.2, -0.15) is 0 Å². The minimum Gasteiger partial charge on any atom is -0.507 e. The molecule has 0 bridgehead atoms. The molecule has 86 valence electrons. The first-order chi connectivity index (χ1) is 8.13. The van der Waals surface area contributed by atoms with Crippen LogP contribution >= 0.6 is 0 Å². The molecule has 0 spiro atoms. The third-order valence-corrected chi connectivity index (χ3v) is 2.13. The predicted molar refractivity (Wildman–Crippen MR) is 60.1 cm³/mol. The van der Waals surface area contributed by atoms with Gasteiger partial charge in [0.15, 0.2) is 5.75 Å². The molecule has 0 atom stereocenters. The highest BCUT2D eigenvalue weighted by atomic mass is 16.5. The van der Waals surface area contributed by atoms with Crippen LogP contribution in [0.2, 0.25) is 0 Å². The van der Waals surface area contributed by atoms with E-state index >= 15 is 0 Å². The van der Waals surface area contributed by atoms with E-state index in [1.807, 2.05) is 0 Å². The highest BCUT2D eigenvalue weighted by Crippen LogP contribution is 2.29. The van der Waals surface area contributed by atoms with Crippen LogP contribution in [-0.4, -0.2) is 16.8 Å². The van der Waals surface area contributed by atoms with Crippen molar-refractivity contribution >= 4 is 11.0 Å². The molecule has 0 unspecified atom stereocenters. The molecule has 0 aliphatic heterocycles. The lowest BCUT2D eigenvalue weighted by Crippen LogP contribution is -2.01. The summed E-state index contributed by atoms with van der Waals surface area (Å²) in [7, 11) is 0. The molecule has 17 heavy (non-hydrogen) atoms. The summed E-state index contributed by atoms with van der Waals surface area (Å²) in [6, 6.07) is 2.64. The molecule has 5 heteroatoms. The second-order valence-electron chi connectivity index (χ2n) is 3.26. The van der Waals surface area contributed by atoms with Crippen LogP contribution in [0.25, 0.3) is 11.0 Å². The number of hydrogen-bond acceptors (Lipinski definition) is 5. The molecule has 0 aliphatic rings. The topological polar surface area (TPSA) is 79.9 Å². The van der Waals surface area contributed by atoms with E-state index in [4.69, 9.17) is 15.6 Å². The van der Waals surface area contributed by atoms with E-state index in [2.05, 4.69) is 5.92 Å². The molecule has 2 N–H and O–H groups in total. The Morgan fingerprint density at radius 2 is 2.12 bits per heavy atom. The van der Waals surface area contributed by atoms with Gasteiger partial charge in [-0.25, -0.2) is 0 Å². The second-order valence-corrected chi connectivity index (χ2v) is 3.26. The van der Waals surface area contributed by atoms with E-state index in [1.165, 1.54) is 12.1 Å². The van der Waals surface area contributed by atoms with Gasteiger partial charge in [0.1, 0.15) is 35.3 Å². The zero-order valence-electron chi connectivity index (χ0n) is 8.64. The number of aromatic hydroxyl groups is 2. The standard InChI is InChI=1S/C12H8O5/c1-2-3-16-7-4-8(13)11-10(5-7)17-6-9(14)12(11)15/h1,4-6,13-14H,3H2. The molecular formula is C12H8O5. The zero-order chi connectivity index (χ0) is 12.4. The van der Waals surface area contributed by atoms with Gasteiger partial charge >= 0.3 is 0 Å². The first kappa shape index (κ1) is 10.9. The molecule has 0 fully saturated rings. The van der Waals surface area contributed by atoms with Crippen LogP contribution in [0, 0.1) is 12.3 Å². The van der Waals surface area contributed by atoms with Crippen LogP contribution in [-0.2, 0) is 0 Å². The summed E-state index contributed by atoms with van der Waals surface area (Å²) >= 11 is 0. The van der Waals surface area contributed by atoms with Gasteiger partial charge in [-0.15, -0.1) is 6.42 Å². The van der Waals surface area contributed by atoms with E-state index in [-0.39, 0.29) is 29.1 Å². The van der Waals surface area contributed by atoms with Gasteiger partial charge in [-0.05, 0) is 0 Å². The molecule has 0 radical (unpaired) electrons. The second kappa shape index (κ2) is 4.10. The van der Waals surface area contributed by atoms with Crippen molar-refractivity contribution in [2.45, 2.75) is 0 Å². The molecule has 5 nitrogen and oxygen atoms in total. The largest absolute Gasteiger partial charge is 0.507 e. The summed E-state index contributed by atoms with van der Waals surface area (Å²) in [5, 5.41) is 18.7. The van der Waals surface area contributed by atoms with E-state index in [1.54, 1.807) is 0 Å². The molecule has 2 aromatic rings. The van der Waals surface area contributed by atoms with Crippen LogP contribution in [0.15, 0.2) is 27.6 Å². The fourth-order valence-electron chi connectivity index (χ4n) is 1.41. The summed E-state index contributed by atoms with van der Waals surface area (Å²) in [5.41, 5.74) is -0.591. The average molecular weight is 232 g/mol. The SMILES string of the molecule is C#CCOc1cc(O)c2c(=O)c(O)coc2c1. The molecule has 2 rings (SSSR count). The van der Waals surface area contributed by atoms with Crippen molar-refractivity contribution in [3.63, 3.8) is 0 Å². The molecule has 0 amide bonds. The number of phenolic OH excluding ortho intramolecular Hbond substituents is 1. The zero-order valence-corrected chi connectivity index (χ0v) is 8.64. The van der Waals surface area contributed by atoms with E-state index in [0.717, 1.165) is 6.26 Å². The summed E-state index contributed by atoms with van der Waals surface area (Å²) in [6.07, 6.45) is 5.92. The number of rotatable bonds is 2. The van der Waals surface area contributed by atoms with Crippen LogP contribution < -0.4 is 10.2 Å². The smallest absolute Gasteiger partial charge is 0.238 e. The Bertz CT molecular complexity index is 663. The highest BCUT2D eigenvalue weighted by Gasteiger charge is 2.12. The minimum absolute atomic E-state index is 0.0350. The molecule has 0 aliphatic carbocycles. The van der Waals surface area contributed by atoms with Gasteiger partial charge in [-0.3, -0.25) is 4.79 Å². The maximum absolute atomic E-state index is 11.5. The van der Waals surface area contributed by atoms with E-state index in [9.17, 15) is 15.0 Å². The highest BCUT2D eigenvalue weighted by molar-refractivity contribution is 5.85. The van der Waals surface area contributed by atoms with Crippen LogP contribution in [0.1, 0.15) is 0 Å². The number of terminal acetylenes is 1. The predicted octanol–water partition coefficient (Wildman–Crippen LogP) is 1.22. The van der Waals surface area contributed by atoms with Gasteiger partial charge in [0.05, 0.1) is 0 Å². The van der Waals surface area contributed by atoms with Crippen LogP contribution in [0.5, 0.6) is 17.2 Å². The maximum Gasteiger partial charge on any atom is 0.238 e. The summed E-state index contributed by atoms with van der Waals surface area (Å²) in [5.74, 6) is 1.65. The molecule has 0 saturated carbocycles. The average Bonchev–Trinajstić information content (AvgIpc) is 2.31. The van der Waals surface area contributed by atoms with Crippen molar-refractivity contribution in [1.82, 2.24) is 0 Å². The van der Waals surface area contributed by atoms with Gasteiger partial charge in [0.25, 0.3) is 0 Å². The van der Waals surface area contributed by atoms with Crippen molar-refractivity contribution in [2.75, 3.05) is 6.61 Å². The van der Waals surface area contributed by atoms with Crippen molar-refractivity contribution in [3.05, 3.63) is 28.6 Å². The Balaban J connectivity index is 2.65. The lowest BCUT2D eigenvalue weighted by Gasteiger charge is -2.05. The molecule has 1 heterocycles. The first-order valence-electron chi connectivity index (χ1n) is 4.67. The Morgan fingerprint density at radius 1 is 1.35 bits per heavy atom. The number of phenols is 1. The Hall–Kier alpha value is -2.61. The quantitative estimate of drug-likeness (QED) is 0.761. The maximum atomic E-state index is 11.5. The third kappa shape index (κ3) is 1.88. The third-order valence-electron chi connectivity index (χ3n) is 2.13. The molecular weight excluding hydrogens is 224 g/mol. The Labute approximate surface area is 95.9 Å². The first-order valence-corrected chi connectivity index (χ1v) is 4.67. The van der Waals surface area contributed by atoms with Crippen molar-refractivity contribution in [3.8, 4) is 29.6 Å². The van der Waals surface area contributed by atoms with Crippen LogP contribution in [0.4, 0.5) is 0 Å². The van der Waals surface area contributed by atoms with Gasteiger partial charge in [-0.1, -0.05) is 5.92 Å². The number of hydrogen-bond donors (Lipinski definition) is 2.